The third kappa shape index (κ3) is 2.33. The predicted octanol–water partition coefficient (Wildman–Crippen LogP) is 2.28. The molecule has 1 amide bonds. The van der Waals surface area contributed by atoms with Crippen molar-refractivity contribution >= 4 is 23.2 Å². The molecule has 4 fully saturated rings. The van der Waals surface area contributed by atoms with Crippen LogP contribution in [0.4, 0.5) is 0 Å². The summed E-state index contributed by atoms with van der Waals surface area (Å²) in [6.07, 6.45) is 8.55. The summed E-state index contributed by atoms with van der Waals surface area (Å²) in [6.45, 7) is -0.142. The maximum absolute atomic E-state index is 12.9. The fraction of sp³-hybridized carbons (Fsp3) is 0.688. The zero-order valence-corrected chi connectivity index (χ0v) is 13.2. The molecule has 5 nitrogen and oxygen atoms in total. The van der Waals surface area contributed by atoms with Crippen molar-refractivity contribution in [1.82, 2.24) is 4.57 Å². The van der Waals surface area contributed by atoms with Gasteiger partial charge >= 0.3 is 5.97 Å². The minimum absolute atomic E-state index is 0.00631. The van der Waals surface area contributed by atoms with Crippen molar-refractivity contribution in [3.63, 3.8) is 0 Å². The van der Waals surface area contributed by atoms with Crippen LogP contribution in [0.25, 0.3) is 0 Å². The van der Waals surface area contributed by atoms with Gasteiger partial charge < -0.3 is 9.67 Å². The Kier molecular flexibility index (Phi) is 3.25. The summed E-state index contributed by atoms with van der Waals surface area (Å²) in [4.78, 5) is 28.6. The Morgan fingerprint density at radius 3 is 2.36 bits per heavy atom. The monoisotopic (exact) mass is 320 g/mol. The molecular formula is C16H20N2O3S. The number of hydrogen-bond donors (Lipinski definition) is 1. The number of rotatable bonds is 3. The fourth-order valence-electron chi connectivity index (χ4n) is 5.23. The third-order valence-corrected chi connectivity index (χ3v) is 6.45. The summed E-state index contributed by atoms with van der Waals surface area (Å²) in [5.74, 6) is 1.20. The van der Waals surface area contributed by atoms with Crippen molar-refractivity contribution in [2.75, 3.05) is 0 Å². The molecule has 1 N–H and O–H groups in total. The van der Waals surface area contributed by atoms with Crippen LogP contribution in [0, 0.1) is 23.2 Å². The maximum Gasteiger partial charge on any atom is 0.323 e. The number of carbonyl (C=O) groups excluding carboxylic acids is 1. The Balaban J connectivity index is 1.64. The molecule has 0 aliphatic heterocycles. The molecule has 4 aliphatic rings. The van der Waals surface area contributed by atoms with Gasteiger partial charge in [0.2, 0.25) is 0 Å². The lowest BCUT2D eigenvalue weighted by Gasteiger charge is -2.55. The van der Waals surface area contributed by atoms with Crippen molar-refractivity contribution in [3.8, 4) is 0 Å². The average molecular weight is 320 g/mol. The molecule has 1 aromatic heterocycles. The van der Waals surface area contributed by atoms with Crippen LogP contribution in [0.15, 0.2) is 16.6 Å². The Morgan fingerprint density at radius 2 is 1.82 bits per heavy atom. The first-order valence-corrected chi connectivity index (χ1v) is 8.87. The van der Waals surface area contributed by atoms with Crippen LogP contribution in [0.3, 0.4) is 0 Å². The summed E-state index contributed by atoms with van der Waals surface area (Å²) >= 11 is 1.34. The van der Waals surface area contributed by atoms with Gasteiger partial charge in [-0.05, 0) is 56.3 Å². The molecule has 4 aliphatic carbocycles. The summed E-state index contributed by atoms with van der Waals surface area (Å²) in [5.41, 5.74) is -0.250. The summed E-state index contributed by atoms with van der Waals surface area (Å²) in [7, 11) is 0. The fourth-order valence-corrected chi connectivity index (χ4v) is 5.96. The molecule has 0 saturated heterocycles. The molecule has 0 radical (unpaired) electrons. The lowest BCUT2D eigenvalue weighted by Crippen LogP contribution is -2.50. The SMILES string of the molecule is O=C(O)Cn1ccs/c1=N\C(=O)C12CC3CC(CC(C3)C1)C2. The van der Waals surface area contributed by atoms with Crippen molar-refractivity contribution in [1.29, 1.82) is 0 Å². The first-order chi connectivity index (χ1) is 10.5. The molecule has 5 rings (SSSR count). The van der Waals surface area contributed by atoms with Crippen LogP contribution in [-0.2, 0) is 16.1 Å². The van der Waals surface area contributed by atoms with Crippen molar-refractivity contribution in [2.45, 2.75) is 45.1 Å². The van der Waals surface area contributed by atoms with Gasteiger partial charge in [-0.25, -0.2) is 0 Å². The molecule has 4 saturated carbocycles. The lowest BCUT2D eigenvalue weighted by molar-refractivity contribution is -0.143. The standard InChI is InChI=1S/C16H20N2O3S/c19-13(20)9-18-1-2-22-15(18)17-14(21)16-6-10-3-11(7-16)5-12(4-10)8-16/h1-2,10-12H,3-9H2,(H,19,20)/b17-15-. The Labute approximate surface area is 132 Å². The second kappa shape index (κ2) is 5.05. The van der Waals surface area contributed by atoms with Gasteiger partial charge in [-0.15, -0.1) is 11.3 Å². The van der Waals surface area contributed by atoms with E-state index < -0.39 is 5.97 Å². The van der Waals surface area contributed by atoms with E-state index >= 15 is 0 Å². The normalized spacial score (nSPS) is 36.7. The van der Waals surface area contributed by atoms with E-state index in [1.165, 1.54) is 30.6 Å². The zero-order chi connectivity index (χ0) is 15.3. The average Bonchev–Trinajstić information content (AvgIpc) is 2.83. The predicted molar refractivity (Wildman–Crippen MR) is 81.1 cm³/mol. The molecule has 22 heavy (non-hydrogen) atoms. The van der Waals surface area contributed by atoms with E-state index in [1.807, 2.05) is 0 Å². The van der Waals surface area contributed by atoms with E-state index in [4.69, 9.17) is 5.11 Å². The summed E-state index contributed by atoms with van der Waals surface area (Å²) in [5, 5.41) is 10.7. The molecule has 0 spiro atoms. The Bertz CT molecular complexity index is 652. The van der Waals surface area contributed by atoms with Crippen LogP contribution >= 0.6 is 11.3 Å². The van der Waals surface area contributed by atoms with Gasteiger partial charge in [-0.2, -0.15) is 4.99 Å². The number of thiazole rings is 1. The molecular weight excluding hydrogens is 300 g/mol. The van der Waals surface area contributed by atoms with Gasteiger partial charge in [0, 0.05) is 11.6 Å². The molecule has 6 heteroatoms. The van der Waals surface area contributed by atoms with Gasteiger partial charge in [-0.3, -0.25) is 9.59 Å². The highest BCUT2D eigenvalue weighted by Crippen LogP contribution is 2.60. The number of aromatic nitrogens is 1. The Morgan fingerprint density at radius 1 is 1.23 bits per heavy atom. The molecule has 0 aromatic carbocycles. The van der Waals surface area contributed by atoms with Crippen molar-refractivity contribution < 1.29 is 14.7 Å². The first-order valence-electron chi connectivity index (χ1n) is 7.99. The summed E-state index contributed by atoms with van der Waals surface area (Å²) < 4.78 is 1.55. The van der Waals surface area contributed by atoms with E-state index in [0.29, 0.717) is 22.6 Å². The highest BCUT2D eigenvalue weighted by molar-refractivity contribution is 7.07. The molecule has 1 aromatic rings. The van der Waals surface area contributed by atoms with E-state index in [2.05, 4.69) is 4.99 Å². The van der Waals surface area contributed by atoms with Gasteiger partial charge in [-0.1, -0.05) is 0 Å². The van der Waals surface area contributed by atoms with Crippen molar-refractivity contribution in [2.24, 2.45) is 28.2 Å². The number of nitrogens with zero attached hydrogens (tertiary/aromatic N) is 2. The number of amides is 1. The second-order valence-corrected chi connectivity index (χ2v) is 8.20. The van der Waals surface area contributed by atoms with Crippen LogP contribution in [0.5, 0.6) is 0 Å². The van der Waals surface area contributed by atoms with E-state index in [0.717, 1.165) is 19.3 Å². The molecule has 0 atom stereocenters. The minimum Gasteiger partial charge on any atom is -0.480 e. The van der Waals surface area contributed by atoms with Crippen molar-refractivity contribution in [3.05, 3.63) is 16.4 Å². The largest absolute Gasteiger partial charge is 0.480 e. The quantitative estimate of drug-likeness (QED) is 0.928. The lowest BCUT2D eigenvalue weighted by atomic mass is 9.49. The highest BCUT2D eigenvalue weighted by Gasteiger charge is 2.54. The number of carboxylic acid groups (broad SMARTS) is 1. The van der Waals surface area contributed by atoms with Crippen LogP contribution in [0.2, 0.25) is 0 Å². The maximum atomic E-state index is 12.9. The number of hydrogen-bond acceptors (Lipinski definition) is 3. The van der Waals surface area contributed by atoms with Crippen LogP contribution in [-0.4, -0.2) is 21.6 Å². The van der Waals surface area contributed by atoms with Gasteiger partial charge in [0.15, 0.2) is 4.80 Å². The Hall–Kier alpha value is -1.43. The highest BCUT2D eigenvalue weighted by atomic mass is 32.1. The van der Waals surface area contributed by atoms with Gasteiger partial charge in [0.1, 0.15) is 6.54 Å². The van der Waals surface area contributed by atoms with E-state index in [-0.39, 0.29) is 17.9 Å². The minimum atomic E-state index is -0.915. The van der Waals surface area contributed by atoms with Gasteiger partial charge in [0.25, 0.3) is 5.91 Å². The number of carboxylic acids is 1. The first kappa shape index (κ1) is 14.2. The van der Waals surface area contributed by atoms with Gasteiger partial charge in [0.05, 0.1) is 5.41 Å². The van der Waals surface area contributed by atoms with E-state index in [9.17, 15) is 9.59 Å². The third-order valence-electron chi connectivity index (χ3n) is 5.65. The zero-order valence-electron chi connectivity index (χ0n) is 12.4. The van der Waals surface area contributed by atoms with E-state index in [1.54, 1.807) is 16.1 Å². The van der Waals surface area contributed by atoms with Crippen LogP contribution < -0.4 is 4.80 Å². The number of aliphatic carboxylic acids is 1. The van der Waals surface area contributed by atoms with Crippen LogP contribution in [0.1, 0.15) is 38.5 Å². The smallest absolute Gasteiger partial charge is 0.323 e. The molecule has 4 bridgehead atoms. The molecule has 0 unspecified atom stereocenters. The number of carbonyl (C=O) groups is 2. The topological polar surface area (TPSA) is 71.7 Å². The molecule has 118 valence electrons. The molecule has 1 heterocycles. The summed E-state index contributed by atoms with van der Waals surface area (Å²) in [6, 6.07) is 0. The second-order valence-electron chi connectivity index (χ2n) is 7.32.